The SMILES string of the molecule is CNC(=O)NC(=O)C[NH+](Cc1ccc(OC)cc1)C1CC1. The normalized spacial score (nSPS) is 15.1. The average Bonchev–Trinajstić information content (AvgIpc) is 3.31. The lowest BCUT2D eigenvalue weighted by Crippen LogP contribution is -3.13. The first kappa shape index (κ1) is 15.3. The van der Waals surface area contributed by atoms with E-state index in [1.807, 2.05) is 24.3 Å². The number of ether oxygens (including phenoxy) is 1. The molecule has 1 aliphatic carbocycles. The second-order valence-corrected chi connectivity index (χ2v) is 5.26. The third-order valence-electron chi connectivity index (χ3n) is 3.61. The van der Waals surface area contributed by atoms with Crippen LogP contribution in [0.1, 0.15) is 18.4 Å². The molecule has 6 nitrogen and oxygen atoms in total. The summed E-state index contributed by atoms with van der Waals surface area (Å²) in [5.74, 6) is 0.578. The zero-order valence-corrected chi connectivity index (χ0v) is 12.4. The van der Waals surface area contributed by atoms with Gasteiger partial charge in [0.2, 0.25) is 0 Å². The van der Waals surface area contributed by atoms with Crippen molar-refractivity contribution >= 4 is 11.9 Å². The summed E-state index contributed by atoms with van der Waals surface area (Å²) >= 11 is 0. The van der Waals surface area contributed by atoms with Crippen molar-refractivity contribution in [3.8, 4) is 5.75 Å². The van der Waals surface area contributed by atoms with Crippen LogP contribution in [0.25, 0.3) is 0 Å². The summed E-state index contributed by atoms with van der Waals surface area (Å²) in [6.45, 7) is 1.08. The molecule has 1 atom stereocenters. The van der Waals surface area contributed by atoms with Crippen LogP contribution in [0.2, 0.25) is 0 Å². The highest BCUT2D eigenvalue weighted by Crippen LogP contribution is 2.16. The maximum Gasteiger partial charge on any atom is 0.321 e. The van der Waals surface area contributed by atoms with Gasteiger partial charge < -0.3 is 15.0 Å². The molecule has 0 saturated heterocycles. The van der Waals surface area contributed by atoms with Crippen molar-refractivity contribution in [1.82, 2.24) is 10.6 Å². The van der Waals surface area contributed by atoms with Crippen molar-refractivity contribution in [3.05, 3.63) is 29.8 Å². The van der Waals surface area contributed by atoms with E-state index in [9.17, 15) is 9.59 Å². The number of methoxy groups -OCH3 is 1. The van der Waals surface area contributed by atoms with Gasteiger partial charge in [0, 0.05) is 25.5 Å². The van der Waals surface area contributed by atoms with E-state index in [1.165, 1.54) is 11.9 Å². The Morgan fingerprint density at radius 1 is 1.29 bits per heavy atom. The van der Waals surface area contributed by atoms with Gasteiger partial charge in [0.15, 0.2) is 6.54 Å². The fourth-order valence-electron chi connectivity index (χ4n) is 2.29. The Hall–Kier alpha value is -2.08. The Morgan fingerprint density at radius 2 is 1.95 bits per heavy atom. The van der Waals surface area contributed by atoms with E-state index < -0.39 is 6.03 Å². The van der Waals surface area contributed by atoms with Crippen molar-refractivity contribution in [2.75, 3.05) is 20.7 Å². The molecule has 0 aromatic heterocycles. The topological polar surface area (TPSA) is 71.9 Å². The molecule has 21 heavy (non-hydrogen) atoms. The number of hydrogen-bond donors (Lipinski definition) is 3. The summed E-state index contributed by atoms with van der Waals surface area (Å²) in [6, 6.07) is 7.92. The number of imide groups is 1. The van der Waals surface area contributed by atoms with Crippen molar-refractivity contribution < 1.29 is 19.2 Å². The Kier molecular flexibility index (Phi) is 5.16. The third-order valence-corrected chi connectivity index (χ3v) is 3.61. The van der Waals surface area contributed by atoms with Gasteiger partial charge in [-0.25, -0.2) is 4.79 Å². The van der Waals surface area contributed by atoms with E-state index in [0.717, 1.165) is 30.7 Å². The largest absolute Gasteiger partial charge is 0.497 e. The average molecular weight is 292 g/mol. The van der Waals surface area contributed by atoms with Gasteiger partial charge in [-0.1, -0.05) is 0 Å². The molecule has 0 aliphatic heterocycles. The molecule has 1 aromatic carbocycles. The van der Waals surface area contributed by atoms with Gasteiger partial charge in [0.05, 0.1) is 13.2 Å². The summed E-state index contributed by atoms with van der Waals surface area (Å²) in [7, 11) is 3.13. The summed E-state index contributed by atoms with van der Waals surface area (Å²) < 4.78 is 5.14. The molecule has 0 heterocycles. The monoisotopic (exact) mass is 292 g/mol. The predicted molar refractivity (Wildman–Crippen MR) is 78.1 cm³/mol. The minimum atomic E-state index is -0.459. The van der Waals surface area contributed by atoms with Crippen LogP contribution < -0.4 is 20.3 Å². The van der Waals surface area contributed by atoms with Crippen LogP contribution in [0.15, 0.2) is 24.3 Å². The fraction of sp³-hybridized carbons (Fsp3) is 0.467. The van der Waals surface area contributed by atoms with Crippen LogP contribution in [-0.4, -0.2) is 38.7 Å². The minimum absolute atomic E-state index is 0.246. The number of hydrogen-bond acceptors (Lipinski definition) is 3. The maximum absolute atomic E-state index is 11.8. The molecule has 1 aromatic rings. The molecule has 6 heteroatoms. The fourth-order valence-corrected chi connectivity index (χ4v) is 2.29. The Morgan fingerprint density at radius 3 is 2.48 bits per heavy atom. The van der Waals surface area contributed by atoms with Gasteiger partial charge in [0.1, 0.15) is 12.3 Å². The van der Waals surface area contributed by atoms with Crippen LogP contribution in [0.4, 0.5) is 4.79 Å². The van der Waals surface area contributed by atoms with Gasteiger partial charge in [-0.3, -0.25) is 10.1 Å². The van der Waals surface area contributed by atoms with Crippen LogP contribution in [0, 0.1) is 0 Å². The van der Waals surface area contributed by atoms with Crippen LogP contribution in [-0.2, 0) is 11.3 Å². The number of urea groups is 1. The van der Waals surface area contributed by atoms with E-state index in [2.05, 4.69) is 10.6 Å². The number of carbonyl (C=O) groups is 2. The number of rotatable bonds is 6. The number of nitrogens with one attached hydrogen (secondary N) is 3. The second-order valence-electron chi connectivity index (χ2n) is 5.26. The summed E-state index contributed by atoms with van der Waals surface area (Å²) in [4.78, 5) is 24.2. The zero-order chi connectivity index (χ0) is 15.2. The van der Waals surface area contributed by atoms with E-state index >= 15 is 0 Å². The van der Waals surface area contributed by atoms with Crippen LogP contribution in [0.5, 0.6) is 5.75 Å². The van der Waals surface area contributed by atoms with Gasteiger partial charge >= 0.3 is 6.03 Å². The molecule has 2 rings (SSSR count). The Bertz CT molecular complexity index is 497. The molecule has 0 spiro atoms. The third kappa shape index (κ3) is 4.75. The molecule has 1 fully saturated rings. The minimum Gasteiger partial charge on any atom is -0.497 e. The van der Waals surface area contributed by atoms with Gasteiger partial charge in [-0.2, -0.15) is 0 Å². The van der Waals surface area contributed by atoms with Crippen LogP contribution >= 0.6 is 0 Å². The first-order valence-electron chi connectivity index (χ1n) is 7.11. The molecule has 114 valence electrons. The summed E-state index contributed by atoms with van der Waals surface area (Å²) in [6.07, 6.45) is 2.28. The number of amides is 3. The van der Waals surface area contributed by atoms with Crippen molar-refractivity contribution in [2.45, 2.75) is 25.4 Å². The van der Waals surface area contributed by atoms with E-state index in [-0.39, 0.29) is 5.91 Å². The first-order chi connectivity index (χ1) is 10.1. The van der Waals surface area contributed by atoms with E-state index in [1.54, 1.807) is 7.11 Å². The molecule has 1 aliphatic rings. The molecule has 0 radical (unpaired) electrons. The standard InChI is InChI=1S/C15H21N3O3/c1-16-15(20)17-14(19)10-18(12-5-6-12)9-11-3-7-13(21-2)8-4-11/h3-4,7-8,12H,5-6,9-10H2,1-2H3,(H2,16,17,19,20)/p+1. The lowest BCUT2D eigenvalue weighted by molar-refractivity contribution is -0.917. The molecular formula is C15H22N3O3+. The van der Waals surface area contributed by atoms with Gasteiger partial charge in [0.25, 0.3) is 5.91 Å². The predicted octanol–water partition coefficient (Wildman–Crippen LogP) is -0.302. The first-order valence-corrected chi connectivity index (χ1v) is 7.11. The lowest BCUT2D eigenvalue weighted by atomic mass is 10.2. The van der Waals surface area contributed by atoms with E-state index in [0.29, 0.717) is 12.6 Å². The molecular weight excluding hydrogens is 270 g/mol. The lowest BCUT2D eigenvalue weighted by Gasteiger charge is -2.18. The number of quaternary nitrogens is 1. The molecule has 3 N–H and O–H groups in total. The van der Waals surface area contributed by atoms with Crippen molar-refractivity contribution in [3.63, 3.8) is 0 Å². The quantitative estimate of drug-likeness (QED) is 0.674. The molecule has 3 amide bonds. The van der Waals surface area contributed by atoms with Gasteiger partial charge in [-0.05, 0) is 24.3 Å². The highest BCUT2D eigenvalue weighted by molar-refractivity contribution is 5.94. The maximum atomic E-state index is 11.8. The highest BCUT2D eigenvalue weighted by Gasteiger charge is 2.34. The van der Waals surface area contributed by atoms with Crippen molar-refractivity contribution in [1.29, 1.82) is 0 Å². The highest BCUT2D eigenvalue weighted by atomic mass is 16.5. The number of benzene rings is 1. The van der Waals surface area contributed by atoms with Gasteiger partial charge in [-0.15, -0.1) is 0 Å². The molecule has 0 bridgehead atoms. The number of carbonyl (C=O) groups excluding carboxylic acids is 2. The molecule has 1 saturated carbocycles. The Balaban J connectivity index is 1.92. The van der Waals surface area contributed by atoms with Crippen molar-refractivity contribution in [2.24, 2.45) is 0 Å². The zero-order valence-electron chi connectivity index (χ0n) is 12.4. The van der Waals surface area contributed by atoms with Crippen LogP contribution in [0.3, 0.4) is 0 Å². The summed E-state index contributed by atoms with van der Waals surface area (Å²) in [5, 5.41) is 4.70. The molecule has 1 unspecified atom stereocenters. The summed E-state index contributed by atoms with van der Waals surface area (Å²) in [5.41, 5.74) is 1.16. The smallest absolute Gasteiger partial charge is 0.321 e. The van der Waals surface area contributed by atoms with E-state index in [4.69, 9.17) is 4.74 Å². The Labute approximate surface area is 124 Å². The second kappa shape index (κ2) is 7.08.